The maximum absolute atomic E-state index is 11.1. The Balaban J connectivity index is 1.92. The number of carbonyl (C=O) groups excluding carboxylic acids is 1. The number of aliphatic hydroxyl groups is 1. The quantitative estimate of drug-likeness (QED) is 0.760. The van der Waals surface area contributed by atoms with Crippen LogP contribution in [0.5, 0.6) is 5.75 Å². The van der Waals surface area contributed by atoms with Gasteiger partial charge in [0.25, 0.3) is 0 Å². The number of ether oxygens (including phenoxy) is 1. The number of aliphatic hydroxyl groups excluding tert-OH is 1. The van der Waals surface area contributed by atoms with Crippen molar-refractivity contribution in [2.75, 3.05) is 6.61 Å². The third-order valence-electron chi connectivity index (χ3n) is 2.42. The highest BCUT2D eigenvalue weighted by molar-refractivity contribution is 5.94. The summed E-state index contributed by atoms with van der Waals surface area (Å²) in [5.74, 6) is 1.08. The van der Waals surface area contributed by atoms with Crippen LogP contribution in [0.1, 0.15) is 23.1 Å². The van der Waals surface area contributed by atoms with E-state index in [2.05, 4.69) is 15.4 Å². The summed E-state index contributed by atoms with van der Waals surface area (Å²) in [5, 5.41) is 20.3. The number of hydrogen-bond acceptors (Lipinski definition) is 6. The van der Waals surface area contributed by atoms with Crippen LogP contribution in [0.3, 0.4) is 0 Å². The van der Waals surface area contributed by atoms with Crippen LogP contribution in [0, 0.1) is 0 Å². The number of rotatable bonds is 6. The van der Waals surface area contributed by atoms with E-state index < -0.39 is 0 Å². The molecule has 1 N–H and O–H groups in total. The Morgan fingerprint density at radius 1 is 1.37 bits per heavy atom. The molecule has 0 spiro atoms. The molecule has 1 aromatic carbocycles. The summed E-state index contributed by atoms with van der Waals surface area (Å²) in [5.41, 5.74) is 0.638. The van der Waals surface area contributed by atoms with Gasteiger partial charge >= 0.3 is 0 Å². The average Bonchev–Trinajstić information content (AvgIpc) is 2.85. The Bertz CT molecular complexity index is 550. The van der Waals surface area contributed by atoms with E-state index >= 15 is 0 Å². The Labute approximate surface area is 109 Å². The van der Waals surface area contributed by atoms with Gasteiger partial charge < -0.3 is 9.84 Å². The van der Waals surface area contributed by atoms with Crippen molar-refractivity contribution in [3.05, 3.63) is 35.7 Å². The maximum Gasteiger partial charge on any atom is 0.212 e. The first-order valence-corrected chi connectivity index (χ1v) is 5.80. The molecule has 7 heteroatoms. The molecule has 100 valence electrons. The van der Waals surface area contributed by atoms with Crippen LogP contribution in [0.2, 0.25) is 0 Å². The predicted molar refractivity (Wildman–Crippen MR) is 65.7 cm³/mol. The largest absolute Gasteiger partial charge is 0.485 e. The van der Waals surface area contributed by atoms with Crippen molar-refractivity contribution in [1.29, 1.82) is 0 Å². The van der Waals surface area contributed by atoms with Gasteiger partial charge in [0.15, 0.2) is 12.4 Å². The lowest BCUT2D eigenvalue weighted by Crippen LogP contribution is -2.06. The summed E-state index contributed by atoms with van der Waals surface area (Å²) in [7, 11) is 0. The molecule has 0 amide bonds. The molecule has 0 atom stereocenters. The van der Waals surface area contributed by atoms with E-state index in [0.29, 0.717) is 23.7 Å². The zero-order valence-corrected chi connectivity index (χ0v) is 10.5. The summed E-state index contributed by atoms with van der Waals surface area (Å²) in [4.78, 5) is 12.4. The topological polar surface area (TPSA) is 90.1 Å². The van der Waals surface area contributed by atoms with Crippen molar-refractivity contribution >= 4 is 5.78 Å². The lowest BCUT2D eigenvalue weighted by Gasteiger charge is -2.03. The lowest BCUT2D eigenvalue weighted by molar-refractivity contribution is 0.101. The van der Waals surface area contributed by atoms with Crippen LogP contribution in [-0.2, 0) is 13.2 Å². The van der Waals surface area contributed by atoms with E-state index in [-0.39, 0.29) is 19.0 Å². The third-order valence-corrected chi connectivity index (χ3v) is 2.42. The fourth-order valence-corrected chi connectivity index (χ4v) is 1.45. The average molecular weight is 262 g/mol. The minimum Gasteiger partial charge on any atom is -0.485 e. The van der Waals surface area contributed by atoms with Crippen molar-refractivity contribution in [3.63, 3.8) is 0 Å². The smallest absolute Gasteiger partial charge is 0.212 e. The molecule has 0 radical (unpaired) electrons. The molecule has 0 saturated carbocycles. The van der Waals surface area contributed by atoms with Crippen molar-refractivity contribution in [3.8, 4) is 5.75 Å². The molecule has 0 aliphatic rings. The SMILES string of the molecule is CC(=O)c1ccc(OCc2nnn(CCO)n2)cc1. The van der Waals surface area contributed by atoms with Crippen molar-refractivity contribution in [2.45, 2.75) is 20.1 Å². The fourth-order valence-electron chi connectivity index (χ4n) is 1.45. The number of Topliss-reactive ketones (excluding diaryl/α,β-unsaturated/α-hetero) is 1. The van der Waals surface area contributed by atoms with E-state index in [9.17, 15) is 4.79 Å². The molecule has 2 aromatic rings. The van der Waals surface area contributed by atoms with Crippen LogP contribution in [-0.4, -0.2) is 37.7 Å². The van der Waals surface area contributed by atoms with Gasteiger partial charge in [0.2, 0.25) is 5.82 Å². The fraction of sp³-hybridized carbons (Fsp3) is 0.333. The van der Waals surface area contributed by atoms with Crippen LogP contribution < -0.4 is 4.74 Å². The summed E-state index contributed by atoms with van der Waals surface area (Å²) in [6.07, 6.45) is 0. The summed E-state index contributed by atoms with van der Waals surface area (Å²) in [6.45, 7) is 1.97. The number of nitrogens with zero attached hydrogens (tertiary/aromatic N) is 4. The highest BCUT2D eigenvalue weighted by Gasteiger charge is 2.04. The molecule has 7 nitrogen and oxygen atoms in total. The Morgan fingerprint density at radius 3 is 2.74 bits per heavy atom. The third kappa shape index (κ3) is 3.59. The molecule has 1 aromatic heterocycles. The molecule has 0 aliphatic carbocycles. The first-order chi connectivity index (χ1) is 9.19. The lowest BCUT2D eigenvalue weighted by atomic mass is 10.1. The van der Waals surface area contributed by atoms with Gasteiger partial charge in [0, 0.05) is 5.56 Å². The van der Waals surface area contributed by atoms with Crippen LogP contribution in [0.15, 0.2) is 24.3 Å². The molecule has 0 fully saturated rings. The summed E-state index contributed by atoms with van der Waals surface area (Å²) >= 11 is 0. The molecule has 0 aliphatic heterocycles. The van der Waals surface area contributed by atoms with Gasteiger partial charge in [-0.15, -0.1) is 10.2 Å². The molecule has 0 unspecified atom stereocenters. The van der Waals surface area contributed by atoms with E-state index in [4.69, 9.17) is 9.84 Å². The van der Waals surface area contributed by atoms with Crippen molar-refractivity contribution in [2.24, 2.45) is 0 Å². The second kappa shape index (κ2) is 6.05. The Hall–Kier alpha value is -2.28. The van der Waals surface area contributed by atoms with E-state index in [1.165, 1.54) is 11.7 Å². The van der Waals surface area contributed by atoms with Gasteiger partial charge in [0.1, 0.15) is 5.75 Å². The molecule has 1 heterocycles. The van der Waals surface area contributed by atoms with Crippen LogP contribution in [0.4, 0.5) is 0 Å². The second-order valence-electron chi connectivity index (χ2n) is 3.89. The van der Waals surface area contributed by atoms with Gasteiger partial charge in [-0.1, -0.05) is 0 Å². The standard InChI is InChI=1S/C12H14N4O3/c1-9(18)10-2-4-11(5-3-10)19-8-12-13-15-16(14-12)6-7-17/h2-5,17H,6-8H2,1H3. The van der Waals surface area contributed by atoms with Crippen LogP contribution in [0.25, 0.3) is 0 Å². The predicted octanol–water partition coefficient (Wildman–Crippen LogP) is 0.447. The van der Waals surface area contributed by atoms with Gasteiger partial charge in [-0.3, -0.25) is 4.79 Å². The summed E-state index contributed by atoms with van der Waals surface area (Å²) < 4.78 is 5.47. The number of hydrogen-bond donors (Lipinski definition) is 1. The number of aromatic nitrogens is 4. The first kappa shape index (κ1) is 13.2. The van der Waals surface area contributed by atoms with Gasteiger partial charge in [0.05, 0.1) is 13.2 Å². The van der Waals surface area contributed by atoms with E-state index in [1.54, 1.807) is 24.3 Å². The highest BCUT2D eigenvalue weighted by Crippen LogP contribution is 2.13. The number of benzene rings is 1. The van der Waals surface area contributed by atoms with E-state index in [1.807, 2.05) is 0 Å². The Morgan fingerprint density at radius 2 is 2.11 bits per heavy atom. The summed E-state index contributed by atoms with van der Waals surface area (Å²) in [6, 6.07) is 6.84. The molecular weight excluding hydrogens is 248 g/mol. The monoisotopic (exact) mass is 262 g/mol. The van der Waals surface area contributed by atoms with Crippen molar-refractivity contribution in [1.82, 2.24) is 20.2 Å². The van der Waals surface area contributed by atoms with Crippen molar-refractivity contribution < 1.29 is 14.6 Å². The van der Waals surface area contributed by atoms with Crippen LogP contribution >= 0.6 is 0 Å². The maximum atomic E-state index is 11.1. The Kier molecular flexibility index (Phi) is 4.19. The highest BCUT2D eigenvalue weighted by atomic mass is 16.5. The number of carbonyl (C=O) groups is 1. The first-order valence-electron chi connectivity index (χ1n) is 5.80. The zero-order chi connectivity index (χ0) is 13.7. The van der Waals surface area contributed by atoms with E-state index in [0.717, 1.165) is 0 Å². The number of tetrazole rings is 1. The molecule has 0 bridgehead atoms. The molecule has 2 rings (SSSR count). The zero-order valence-electron chi connectivity index (χ0n) is 10.5. The molecule has 0 saturated heterocycles. The molecular formula is C12H14N4O3. The minimum absolute atomic E-state index is 0.0140. The molecule has 19 heavy (non-hydrogen) atoms. The normalized spacial score (nSPS) is 10.4. The minimum atomic E-state index is -0.0385. The second-order valence-corrected chi connectivity index (χ2v) is 3.89. The van der Waals surface area contributed by atoms with Gasteiger partial charge in [-0.2, -0.15) is 4.80 Å². The number of ketones is 1. The van der Waals surface area contributed by atoms with Gasteiger partial charge in [-0.05, 0) is 36.4 Å². The van der Waals surface area contributed by atoms with Gasteiger partial charge in [-0.25, -0.2) is 0 Å².